The van der Waals surface area contributed by atoms with E-state index in [9.17, 15) is 4.79 Å². The van der Waals surface area contributed by atoms with Crippen molar-refractivity contribution in [2.75, 3.05) is 7.11 Å². The molecule has 0 bridgehead atoms. The van der Waals surface area contributed by atoms with Gasteiger partial charge in [0.1, 0.15) is 5.75 Å². The van der Waals surface area contributed by atoms with Crippen molar-refractivity contribution >= 4 is 17.5 Å². The maximum absolute atomic E-state index is 11.3. The number of rotatable bonds is 1. The Balaban J connectivity index is 2.65. The van der Waals surface area contributed by atoms with Crippen LogP contribution in [0.25, 0.3) is 0 Å². The van der Waals surface area contributed by atoms with Gasteiger partial charge in [-0.1, -0.05) is 11.6 Å². The van der Waals surface area contributed by atoms with E-state index in [1.165, 1.54) is 0 Å². The van der Waals surface area contributed by atoms with Crippen molar-refractivity contribution in [3.8, 4) is 5.75 Å². The topological polar surface area (TPSA) is 38.3 Å². The Hall–Kier alpha value is -1.22. The first kappa shape index (κ1) is 8.38. The number of hydrogen-bond acceptors (Lipinski definition) is 2. The number of methoxy groups -OCH3 is 1. The number of benzene rings is 1. The maximum Gasteiger partial charge on any atom is 0.253 e. The fourth-order valence-corrected chi connectivity index (χ4v) is 1.73. The summed E-state index contributed by atoms with van der Waals surface area (Å²) in [5.74, 6) is 0.580. The van der Waals surface area contributed by atoms with Crippen molar-refractivity contribution in [2.24, 2.45) is 0 Å². The molecule has 0 radical (unpaired) electrons. The summed E-state index contributed by atoms with van der Waals surface area (Å²) < 4.78 is 5.11. The molecule has 2 rings (SSSR count). The number of amides is 1. The van der Waals surface area contributed by atoms with Crippen LogP contribution in [0.1, 0.15) is 15.9 Å². The third kappa shape index (κ3) is 1.16. The first-order chi connectivity index (χ1) is 6.24. The van der Waals surface area contributed by atoms with E-state index in [4.69, 9.17) is 16.3 Å². The van der Waals surface area contributed by atoms with Gasteiger partial charge in [-0.2, -0.15) is 0 Å². The molecule has 1 aromatic carbocycles. The summed E-state index contributed by atoms with van der Waals surface area (Å²) in [5.41, 5.74) is 1.39. The molecular weight excluding hydrogens is 190 g/mol. The highest BCUT2D eigenvalue weighted by Gasteiger charge is 2.24. The number of carbonyl (C=O) groups is 1. The maximum atomic E-state index is 11.3. The Labute approximate surface area is 80.6 Å². The minimum Gasteiger partial charge on any atom is -0.496 e. The third-order valence-electron chi connectivity index (χ3n) is 2.09. The second-order valence-corrected chi connectivity index (χ2v) is 3.19. The van der Waals surface area contributed by atoms with Crippen molar-refractivity contribution in [1.29, 1.82) is 0 Å². The summed E-state index contributed by atoms with van der Waals surface area (Å²) in [5, 5.41) is 3.17. The Morgan fingerprint density at radius 3 is 3.00 bits per heavy atom. The lowest BCUT2D eigenvalue weighted by Gasteiger charge is -2.05. The molecule has 13 heavy (non-hydrogen) atoms. The highest BCUT2D eigenvalue weighted by Crippen LogP contribution is 2.31. The van der Waals surface area contributed by atoms with Gasteiger partial charge in [0.25, 0.3) is 5.91 Å². The van der Waals surface area contributed by atoms with E-state index in [0.29, 0.717) is 22.9 Å². The quantitative estimate of drug-likeness (QED) is 0.743. The van der Waals surface area contributed by atoms with Crippen molar-refractivity contribution in [1.82, 2.24) is 5.32 Å². The van der Waals surface area contributed by atoms with Crippen LogP contribution in [0, 0.1) is 0 Å². The first-order valence-corrected chi connectivity index (χ1v) is 4.25. The number of halogens is 1. The third-order valence-corrected chi connectivity index (χ3v) is 2.41. The highest BCUT2D eigenvalue weighted by molar-refractivity contribution is 6.34. The Bertz CT molecular complexity index is 376. The average Bonchev–Trinajstić information content (AvgIpc) is 2.50. The molecule has 0 spiro atoms. The normalized spacial score (nSPS) is 13.8. The summed E-state index contributed by atoms with van der Waals surface area (Å²) in [6.07, 6.45) is 0. The van der Waals surface area contributed by atoms with E-state index < -0.39 is 0 Å². The minimum atomic E-state index is -0.126. The second-order valence-electron chi connectivity index (χ2n) is 2.79. The van der Waals surface area contributed by atoms with Crippen molar-refractivity contribution in [3.63, 3.8) is 0 Å². The van der Waals surface area contributed by atoms with Crippen LogP contribution in [-0.2, 0) is 6.54 Å². The van der Waals surface area contributed by atoms with Crippen molar-refractivity contribution in [3.05, 3.63) is 28.3 Å². The standard InChI is InChI=1S/C9H8ClNO2/c1-13-7-3-2-6(10)8-5(7)4-11-9(8)12/h2-3H,4H2,1H3,(H,11,12). The lowest BCUT2D eigenvalue weighted by Crippen LogP contribution is -2.12. The van der Waals surface area contributed by atoms with Gasteiger partial charge in [0, 0.05) is 12.1 Å². The molecule has 1 N–H and O–H groups in total. The van der Waals surface area contributed by atoms with Crippen molar-refractivity contribution in [2.45, 2.75) is 6.54 Å². The van der Waals surface area contributed by atoms with Crippen LogP contribution in [0.5, 0.6) is 5.75 Å². The van der Waals surface area contributed by atoms with Gasteiger partial charge in [0.15, 0.2) is 0 Å². The van der Waals surface area contributed by atoms with Crippen molar-refractivity contribution < 1.29 is 9.53 Å². The molecule has 0 atom stereocenters. The number of ether oxygens (including phenoxy) is 1. The SMILES string of the molecule is COc1ccc(Cl)c2c1CNC2=O. The molecule has 0 unspecified atom stereocenters. The number of hydrogen-bond donors (Lipinski definition) is 1. The van der Waals surface area contributed by atoms with Gasteiger partial charge < -0.3 is 10.1 Å². The van der Waals surface area contributed by atoms with E-state index >= 15 is 0 Å². The first-order valence-electron chi connectivity index (χ1n) is 3.87. The Morgan fingerprint density at radius 1 is 1.54 bits per heavy atom. The van der Waals surface area contributed by atoms with E-state index in [0.717, 1.165) is 5.56 Å². The molecule has 1 amide bonds. The monoisotopic (exact) mass is 197 g/mol. The lowest BCUT2D eigenvalue weighted by molar-refractivity contribution is 0.0966. The van der Waals surface area contributed by atoms with E-state index in [2.05, 4.69) is 5.32 Å². The summed E-state index contributed by atoms with van der Waals surface area (Å²) in [7, 11) is 1.58. The van der Waals surface area contributed by atoms with Gasteiger partial charge in [-0.05, 0) is 12.1 Å². The molecule has 3 nitrogen and oxygen atoms in total. The van der Waals surface area contributed by atoms with Gasteiger partial charge in [-0.3, -0.25) is 4.79 Å². The molecule has 1 aliphatic rings. The molecule has 0 saturated heterocycles. The van der Waals surface area contributed by atoms with Crippen LogP contribution in [0.2, 0.25) is 5.02 Å². The van der Waals surface area contributed by atoms with Crippen LogP contribution in [0.3, 0.4) is 0 Å². The average molecular weight is 198 g/mol. The van der Waals surface area contributed by atoms with E-state index in [1.807, 2.05) is 0 Å². The molecule has 1 aliphatic heterocycles. The van der Waals surface area contributed by atoms with Gasteiger partial charge in [-0.15, -0.1) is 0 Å². The van der Waals surface area contributed by atoms with Crippen LogP contribution < -0.4 is 10.1 Å². The van der Waals surface area contributed by atoms with Crippen LogP contribution >= 0.6 is 11.6 Å². The van der Waals surface area contributed by atoms with Gasteiger partial charge >= 0.3 is 0 Å². The lowest BCUT2D eigenvalue weighted by atomic mass is 10.1. The number of fused-ring (bicyclic) bond motifs is 1. The minimum absolute atomic E-state index is 0.126. The summed E-state index contributed by atoms with van der Waals surface area (Å²) in [6, 6.07) is 3.44. The zero-order valence-corrected chi connectivity index (χ0v) is 7.81. The molecule has 0 aromatic heterocycles. The Morgan fingerprint density at radius 2 is 2.31 bits per heavy atom. The van der Waals surface area contributed by atoms with Crippen LogP contribution in [-0.4, -0.2) is 13.0 Å². The zero-order valence-electron chi connectivity index (χ0n) is 7.06. The number of carbonyl (C=O) groups excluding carboxylic acids is 1. The molecule has 1 aromatic rings. The zero-order chi connectivity index (χ0) is 9.42. The van der Waals surface area contributed by atoms with Gasteiger partial charge in [0.05, 0.1) is 17.7 Å². The van der Waals surface area contributed by atoms with Crippen LogP contribution in [0.15, 0.2) is 12.1 Å². The Kier molecular flexibility index (Phi) is 1.88. The molecule has 0 saturated carbocycles. The summed E-state index contributed by atoms with van der Waals surface area (Å²) in [6.45, 7) is 0.498. The fourth-order valence-electron chi connectivity index (χ4n) is 1.47. The van der Waals surface area contributed by atoms with Gasteiger partial charge in [-0.25, -0.2) is 0 Å². The van der Waals surface area contributed by atoms with E-state index in [1.54, 1.807) is 19.2 Å². The smallest absolute Gasteiger partial charge is 0.253 e. The van der Waals surface area contributed by atoms with Gasteiger partial charge in [0.2, 0.25) is 0 Å². The largest absolute Gasteiger partial charge is 0.496 e. The molecule has 0 fully saturated rings. The summed E-state index contributed by atoms with van der Waals surface area (Å²) in [4.78, 5) is 11.3. The molecule has 68 valence electrons. The molecule has 0 aliphatic carbocycles. The second kappa shape index (κ2) is 2.92. The molecule has 4 heteroatoms. The van der Waals surface area contributed by atoms with Crippen LogP contribution in [0.4, 0.5) is 0 Å². The number of nitrogens with one attached hydrogen (secondary N) is 1. The molecule has 1 heterocycles. The predicted octanol–water partition coefficient (Wildman–Crippen LogP) is 1.59. The molecular formula is C9H8ClNO2. The predicted molar refractivity (Wildman–Crippen MR) is 49.2 cm³/mol. The van der Waals surface area contributed by atoms with E-state index in [-0.39, 0.29) is 5.91 Å². The summed E-state index contributed by atoms with van der Waals surface area (Å²) >= 11 is 5.88. The highest BCUT2D eigenvalue weighted by atomic mass is 35.5. The fraction of sp³-hybridized carbons (Fsp3) is 0.222.